The minimum Gasteiger partial charge on any atom is -0.277 e. The molecule has 2 bridgehead atoms. The third-order valence-corrected chi connectivity index (χ3v) is 5.64. The fourth-order valence-electron chi connectivity index (χ4n) is 4.45. The van der Waals surface area contributed by atoms with Crippen LogP contribution in [0.2, 0.25) is 0 Å². The van der Waals surface area contributed by atoms with E-state index in [1.165, 1.54) is 17.5 Å². The number of urea groups is 1. The van der Waals surface area contributed by atoms with Crippen LogP contribution < -0.4 is 5.32 Å². The predicted octanol–water partition coefficient (Wildman–Crippen LogP) is 2.58. The molecule has 2 saturated carbocycles. The van der Waals surface area contributed by atoms with E-state index >= 15 is 0 Å². The van der Waals surface area contributed by atoms with E-state index < -0.39 is 23.8 Å². The Morgan fingerprint density at radius 3 is 2.72 bits per heavy atom. The Balaban J connectivity index is 1.56. The van der Waals surface area contributed by atoms with Crippen molar-refractivity contribution in [2.75, 3.05) is 0 Å². The molecule has 0 radical (unpaired) electrons. The van der Waals surface area contributed by atoms with Crippen LogP contribution in [-0.2, 0) is 9.59 Å². The van der Waals surface area contributed by atoms with E-state index in [1.807, 2.05) is 31.2 Å². The number of hydrogen-bond acceptors (Lipinski definition) is 4. The first kappa shape index (κ1) is 16.0. The van der Waals surface area contributed by atoms with Crippen molar-refractivity contribution >= 4 is 29.7 Å². The normalized spacial score (nSPS) is 31.9. The molecular formula is C19H21N3O3. The number of nitrogens with zero attached hydrogens (tertiary/aromatic N) is 2. The molecule has 0 unspecified atom stereocenters. The summed E-state index contributed by atoms with van der Waals surface area (Å²) in [5.41, 5.74) is 1.73. The molecule has 4 rings (SSSR count). The molecule has 4 amide bonds. The first-order valence-electron chi connectivity index (χ1n) is 8.81. The Kier molecular flexibility index (Phi) is 3.90. The van der Waals surface area contributed by atoms with Crippen molar-refractivity contribution in [1.29, 1.82) is 0 Å². The van der Waals surface area contributed by atoms with E-state index in [-0.39, 0.29) is 6.04 Å². The van der Waals surface area contributed by atoms with Crippen LogP contribution in [0.4, 0.5) is 10.5 Å². The number of hydrogen-bond donors (Lipinski definition) is 1. The van der Waals surface area contributed by atoms with Crippen molar-refractivity contribution in [3.63, 3.8) is 0 Å². The van der Waals surface area contributed by atoms with Crippen LogP contribution in [0.15, 0.2) is 29.3 Å². The zero-order chi connectivity index (χ0) is 17.6. The largest absolute Gasteiger partial charge is 0.331 e. The van der Waals surface area contributed by atoms with E-state index in [0.717, 1.165) is 24.8 Å². The van der Waals surface area contributed by atoms with Gasteiger partial charge in [0.2, 0.25) is 11.8 Å². The molecule has 1 saturated heterocycles. The lowest BCUT2D eigenvalue weighted by Crippen LogP contribution is -2.62. The summed E-state index contributed by atoms with van der Waals surface area (Å²) in [5.74, 6) is -1.10. The van der Waals surface area contributed by atoms with Crippen LogP contribution in [0.5, 0.6) is 0 Å². The van der Waals surface area contributed by atoms with E-state index in [0.29, 0.717) is 17.5 Å². The second-order valence-electron chi connectivity index (χ2n) is 7.34. The maximum atomic E-state index is 12.9. The maximum absolute atomic E-state index is 12.9. The second kappa shape index (κ2) is 6.10. The summed E-state index contributed by atoms with van der Waals surface area (Å²) in [5, 5.41) is 2.33. The topological polar surface area (TPSA) is 78.8 Å². The number of rotatable bonds is 3. The molecule has 0 spiro atoms. The van der Waals surface area contributed by atoms with Crippen LogP contribution in [-0.4, -0.2) is 35.0 Å². The van der Waals surface area contributed by atoms with Gasteiger partial charge in [-0.1, -0.05) is 18.6 Å². The van der Waals surface area contributed by atoms with E-state index in [4.69, 9.17) is 0 Å². The molecule has 1 N–H and O–H groups in total. The van der Waals surface area contributed by atoms with E-state index in [2.05, 4.69) is 10.3 Å². The Bertz CT molecular complexity index is 773. The molecule has 3 fully saturated rings. The van der Waals surface area contributed by atoms with Gasteiger partial charge in [0.1, 0.15) is 0 Å². The molecule has 25 heavy (non-hydrogen) atoms. The zero-order valence-electron chi connectivity index (χ0n) is 14.1. The predicted molar refractivity (Wildman–Crippen MR) is 92.4 cm³/mol. The summed E-state index contributed by atoms with van der Waals surface area (Å²) in [6.45, 7) is 1.95. The van der Waals surface area contributed by atoms with Crippen LogP contribution in [0.25, 0.3) is 0 Å². The number of fused-ring (bicyclic) bond motifs is 2. The van der Waals surface area contributed by atoms with Gasteiger partial charge in [-0.15, -0.1) is 0 Å². The zero-order valence-corrected chi connectivity index (χ0v) is 14.1. The summed E-state index contributed by atoms with van der Waals surface area (Å²) in [7, 11) is 0. The van der Waals surface area contributed by atoms with Crippen LogP contribution >= 0.6 is 0 Å². The van der Waals surface area contributed by atoms with Gasteiger partial charge >= 0.3 is 6.03 Å². The van der Waals surface area contributed by atoms with Crippen molar-refractivity contribution in [1.82, 2.24) is 10.2 Å². The van der Waals surface area contributed by atoms with Crippen LogP contribution in [0.1, 0.15) is 31.2 Å². The molecule has 130 valence electrons. The fraction of sp³-hybridized carbons (Fsp3) is 0.474. The minimum atomic E-state index is -1.04. The fourth-order valence-corrected chi connectivity index (χ4v) is 4.45. The van der Waals surface area contributed by atoms with Crippen molar-refractivity contribution in [2.45, 2.75) is 38.6 Å². The Morgan fingerprint density at radius 1 is 1.20 bits per heavy atom. The number of barbiturate groups is 1. The number of imide groups is 2. The van der Waals surface area contributed by atoms with Crippen LogP contribution in [0.3, 0.4) is 0 Å². The number of carbonyl (C=O) groups is 3. The molecule has 4 atom stereocenters. The van der Waals surface area contributed by atoms with Gasteiger partial charge < -0.3 is 0 Å². The standard InChI is InChI=1S/C19H21N3O3/c1-11-3-2-4-14(7-11)20-10-15-17(23)21-19(25)22(18(15)24)16-9-12-5-6-13(16)8-12/h2-4,7,10,12-13,15-16H,5-6,8-9H2,1H3,(H,21,23,25)/t12-,13-,15-,16-/m0/s1. The molecular weight excluding hydrogens is 318 g/mol. The molecule has 1 aliphatic heterocycles. The van der Waals surface area contributed by atoms with Gasteiger partial charge in [-0.2, -0.15) is 0 Å². The van der Waals surface area contributed by atoms with Crippen LogP contribution in [0, 0.1) is 24.7 Å². The lowest BCUT2D eigenvalue weighted by atomic mass is 9.92. The molecule has 0 aromatic heterocycles. The number of aryl methyl sites for hydroxylation is 1. The first-order chi connectivity index (χ1) is 12.0. The Morgan fingerprint density at radius 2 is 2.04 bits per heavy atom. The number of nitrogens with one attached hydrogen (secondary N) is 1. The van der Waals surface area contributed by atoms with Gasteiger partial charge in [-0.25, -0.2) is 4.79 Å². The van der Waals surface area contributed by atoms with Crippen molar-refractivity contribution < 1.29 is 14.4 Å². The Labute approximate surface area is 146 Å². The average molecular weight is 339 g/mol. The van der Waals surface area contributed by atoms with Gasteiger partial charge in [0.25, 0.3) is 0 Å². The highest BCUT2D eigenvalue weighted by molar-refractivity contribution is 6.23. The molecule has 6 heteroatoms. The summed E-state index contributed by atoms with van der Waals surface area (Å²) in [6.07, 6.45) is 5.54. The SMILES string of the molecule is Cc1cccc(N=C[C@H]2C(=O)NC(=O)N([C@H]3C[C@H]4CC[C@H]3C4)C2=O)c1. The lowest BCUT2D eigenvalue weighted by molar-refractivity contribution is -0.141. The van der Waals surface area contributed by atoms with Crippen molar-refractivity contribution in [3.05, 3.63) is 29.8 Å². The van der Waals surface area contributed by atoms with Gasteiger partial charge in [0.15, 0.2) is 5.92 Å². The van der Waals surface area contributed by atoms with Gasteiger partial charge in [0, 0.05) is 12.3 Å². The third-order valence-electron chi connectivity index (χ3n) is 5.64. The second-order valence-corrected chi connectivity index (χ2v) is 7.34. The van der Waals surface area contributed by atoms with Gasteiger partial charge in [0.05, 0.1) is 5.69 Å². The highest BCUT2D eigenvalue weighted by atomic mass is 16.2. The highest BCUT2D eigenvalue weighted by Gasteiger charge is 2.50. The average Bonchev–Trinajstić information content (AvgIpc) is 3.17. The van der Waals surface area contributed by atoms with Gasteiger partial charge in [-0.05, 0) is 55.7 Å². The summed E-state index contributed by atoms with van der Waals surface area (Å²) >= 11 is 0. The molecule has 6 nitrogen and oxygen atoms in total. The van der Waals surface area contributed by atoms with E-state index in [9.17, 15) is 14.4 Å². The summed E-state index contributed by atoms with van der Waals surface area (Å²) < 4.78 is 0. The molecule has 1 aromatic carbocycles. The lowest BCUT2D eigenvalue weighted by Gasteiger charge is -2.36. The molecule has 1 heterocycles. The smallest absolute Gasteiger partial charge is 0.277 e. The Hall–Kier alpha value is -2.50. The maximum Gasteiger partial charge on any atom is 0.331 e. The first-order valence-corrected chi connectivity index (χ1v) is 8.81. The molecule has 3 aliphatic rings. The quantitative estimate of drug-likeness (QED) is 0.679. The number of amides is 4. The summed E-state index contributed by atoms with van der Waals surface area (Å²) in [6, 6.07) is 6.86. The number of benzene rings is 1. The number of carbonyl (C=O) groups excluding carboxylic acids is 3. The van der Waals surface area contributed by atoms with Crippen molar-refractivity contribution in [3.8, 4) is 0 Å². The van der Waals surface area contributed by atoms with Crippen molar-refractivity contribution in [2.24, 2.45) is 22.7 Å². The molecule has 1 aromatic rings. The highest BCUT2D eigenvalue weighted by Crippen LogP contribution is 2.47. The minimum absolute atomic E-state index is 0.0748. The third kappa shape index (κ3) is 2.86. The monoisotopic (exact) mass is 339 g/mol. The molecule has 2 aliphatic carbocycles. The number of aliphatic imine (C=N–C) groups is 1. The van der Waals surface area contributed by atoms with Gasteiger partial charge in [-0.3, -0.25) is 24.8 Å². The van der Waals surface area contributed by atoms with E-state index in [1.54, 1.807) is 0 Å². The summed E-state index contributed by atoms with van der Waals surface area (Å²) in [4.78, 5) is 42.8.